The summed E-state index contributed by atoms with van der Waals surface area (Å²) in [6.45, 7) is 2.21. The molecule has 3 rings (SSSR count). The molecule has 1 aliphatic heterocycles. The van der Waals surface area contributed by atoms with E-state index in [0.29, 0.717) is 29.5 Å². The summed E-state index contributed by atoms with van der Waals surface area (Å²) in [6, 6.07) is 10.4. The van der Waals surface area contributed by atoms with Crippen LogP contribution < -0.4 is 10.1 Å². The van der Waals surface area contributed by atoms with Gasteiger partial charge in [0.15, 0.2) is 0 Å². The normalized spacial score (nSPS) is 14.4. The van der Waals surface area contributed by atoms with Crippen molar-refractivity contribution in [3.8, 4) is 5.88 Å². The van der Waals surface area contributed by atoms with Crippen molar-refractivity contribution in [2.24, 2.45) is 0 Å². The highest BCUT2D eigenvalue weighted by molar-refractivity contribution is 6.30. The zero-order valence-corrected chi connectivity index (χ0v) is 13.4. The van der Waals surface area contributed by atoms with Gasteiger partial charge in [-0.15, -0.1) is 0 Å². The molecular weight excluding hydrogens is 315 g/mol. The van der Waals surface area contributed by atoms with Crippen molar-refractivity contribution in [1.82, 2.24) is 10.3 Å². The first kappa shape index (κ1) is 16.0. The van der Waals surface area contributed by atoms with Crippen LogP contribution in [0.15, 0.2) is 42.5 Å². The molecular formula is C18H18ClFN2O. The second kappa shape index (κ2) is 7.57. The average molecular weight is 333 g/mol. The maximum atomic E-state index is 13.7. The zero-order chi connectivity index (χ0) is 16.1. The lowest BCUT2D eigenvalue weighted by Crippen LogP contribution is -2.20. The lowest BCUT2D eigenvalue weighted by Gasteiger charge is -2.14. The number of ether oxygens (including phenoxy) is 1. The van der Waals surface area contributed by atoms with Gasteiger partial charge >= 0.3 is 0 Å². The van der Waals surface area contributed by atoms with Crippen molar-refractivity contribution in [1.29, 1.82) is 0 Å². The molecule has 23 heavy (non-hydrogen) atoms. The summed E-state index contributed by atoms with van der Waals surface area (Å²) in [4.78, 5) is 4.53. The molecule has 1 aromatic heterocycles. The third-order valence-electron chi connectivity index (χ3n) is 3.75. The summed E-state index contributed by atoms with van der Waals surface area (Å²) >= 11 is 5.75. The van der Waals surface area contributed by atoms with E-state index in [1.165, 1.54) is 11.6 Å². The molecule has 0 atom stereocenters. The molecule has 0 unspecified atom stereocenters. The van der Waals surface area contributed by atoms with E-state index in [2.05, 4.69) is 16.4 Å². The molecule has 0 fully saturated rings. The van der Waals surface area contributed by atoms with Gasteiger partial charge in [-0.3, -0.25) is 0 Å². The van der Waals surface area contributed by atoms with E-state index in [-0.39, 0.29) is 5.82 Å². The molecule has 0 spiro atoms. The van der Waals surface area contributed by atoms with E-state index in [0.717, 1.165) is 25.2 Å². The first-order valence-corrected chi connectivity index (χ1v) is 8.04. The fourth-order valence-corrected chi connectivity index (χ4v) is 2.68. The lowest BCUT2D eigenvalue weighted by molar-refractivity contribution is 0.307. The highest BCUT2D eigenvalue weighted by Crippen LogP contribution is 2.20. The van der Waals surface area contributed by atoms with Crippen molar-refractivity contribution in [3.63, 3.8) is 0 Å². The Hall–Kier alpha value is -1.91. The summed E-state index contributed by atoms with van der Waals surface area (Å²) in [6.07, 6.45) is 3.59. The monoisotopic (exact) mass is 332 g/mol. The van der Waals surface area contributed by atoms with Gasteiger partial charge in [-0.05, 0) is 42.3 Å². The number of hydrogen-bond acceptors (Lipinski definition) is 3. The molecule has 0 saturated carbocycles. The number of pyridine rings is 1. The molecule has 1 aromatic carbocycles. The summed E-state index contributed by atoms with van der Waals surface area (Å²) in [5.74, 6) is 0.263. The molecule has 0 bridgehead atoms. The molecule has 2 heterocycles. The third kappa shape index (κ3) is 4.30. The lowest BCUT2D eigenvalue weighted by atomic mass is 10.1. The van der Waals surface area contributed by atoms with Crippen molar-refractivity contribution < 1.29 is 9.13 Å². The Morgan fingerprint density at radius 2 is 2.17 bits per heavy atom. The molecule has 3 nitrogen and oxygen atoms in total. The van der Waals surface area contributed by atoms with E-state index in [4.69, 9.17) is 16.3 Å². The predicted octanol–water partition coefficient (Wildman–Crippen LogP) is 3.87. The quantitative estimate of drug-likeness (QED) is 0.902. The minimum Gasteiger partial charge on any atom is -0.477 e. The average Bonchev–Trinajstić information content (AvgIpc) is 2.58. The van der Waals surface area contributed by atoms with Crippen molar-refractivity contribution in [3.05, 3.63) is 64.6 Å². The molecule has 5 heteroatoms. The van der Waals surface area contributed by atoms with Crippen LogP contribution in [0.4, 0.5) is 4.39 Å². The van der Waals surface area contributed by atoms with Gasteiger partial charge in [0.1, 0.15) is 5.82 Å². The Balaban J connectivity index is 1.61. The summed E-state index contributed by atoms with van der Waals surface area (Å²) in [5.41, 5.74) is 2.77. The summed E-state index contributed by atoms with van der Waals surface area (Å²) in [5, 5.41) is 3.68. The van der Waals surface area contributed by atoms with Crippen LogP contribution in [-0.4, -0.2) is 24.7 Å². The molecule has 0 saturated heterocycles. The molecule has 2 aromatic rings. The highest BCUT2D eigenvalue weighted by atomic mass is 35.5. The van der Waals surface area contributed by atoms with E-state index < -0.39 is 0 Å². The van der Waals surface area contributed by atoms with Crippen LogP contribution in [0.2, 0.25) is 5.02 Å². The SMILES string of the molecule is Fc1cc(Cl)ccc1CCOc1cccc(C2=CCNCC2)n1. The Kier molecular flexibility index (Phi) is 5.26. The van der Waals surface area contributed by atoms with Gasteiger partial charge in [0.25, 0.3) is 0 Å². The fraction of sp³-hybridized carbons (Fsp3) is 0.278. The fourth-order valence-electron chi connectivity index (χ4n) is 2.52. The second-order valence-electron chi connectivity index (χ2n) is 5.38. The molecule has 0 aliphatic carbocycles. The van der Waals surface area contributed by atoms with Gasteiger partial charge in [-0.1, -0.05) is 29.8 Å². The molecule has 0 amide bonds. The Bertz CT molecular complexity index is 718. The van der Waals surface area contributed by atoms with Crippen molar-refractivity contribution in [2.45, 2.75) is 12.8 Å². The minimum absolute atomic E-state index is 0.303. The summed E-state index contributed by atoms with van der Waals surface area (Å²) < 4.78 is 19.4. The Morgan fingerprint density at radius 1 is 1.26 bits per heavy atom. The number of nitrogens with zero attached hydrogens (tertiary/aromatic N) is 1. The minimum atomic E-state index is -0.303. The highest BCUT2D eigenvalue weighted by Gasteiger charge is 2.08. The number of rotatable bonds is 5. The molecule has 0 radical (unpaired) electrons. The topological polar surface area (TPSA) is 34.1 Å². The number of hydrogen-bond donors (Lipinski definition) is 1. The van der Waals surface area contributed by atoms with Crippen LogP contribution in [0.25, 0.3) is 5.57 Å². The zero-order valence-electron chi connectivity index (χ0n) is 12.7. The Labute approximate surface area is 140 Å². The maximum absolute atomic E-state index is 13.7. The largest absolute Gasteiger partial charge is 0.477 e. The first-order chi connectivity index (χ1) is 11.2. The molecule has 120 valence electrons. The van der Waals surface area contributed by atoms with Crippen LogP contribution >= 0.6 is 11.6 Å². The summed E-state index contributed by atoms with van der Waals surface area (Å²) in [7, 11) is 0. The molecule has 1 aliphatic rings. The van der Waals surface area contributed by atoms with Crippen LogP contribution in [0.3, 0.4) is 0 Å². The molecule has 1 N–H and O–H groups in total. The Morgan fingerprint density at radius 3 is 2.96 bits per heavy atom. The van der Waals surface area contributed by atoms with Gasteiger partial charge in [-0.2, -0.15) is 0 Å². The van der Waals surface area contributed by atoms with Gasteiger partial charge < -0.3 is 10.1 Å². The first-order valence-electron chi connectivity index (χ1n) is 7.66. The van der Waals surface area contributed by atoms with E-state index >= 15 is 0 Å². The van der Waals surface area contributed by atoms with Crippen LogP contribution in [0, 0.1) is 5.82 Å². The van der Waals surface area contributed by atoms with E-state index in [9.17, 15) is 4.39 Å². The van der Waals surface area contributed by atoms with Crippen molar-refractivity contribution >= 4 is 17.2 Å². The number of halogens is 2. The maximum Gasteiger partial charge on any atom is 0.213 e. The van der Waals surface area contributed by atoms with E-state index in [1.54, 1.807) is 12.1 Å². The standard InChI is InChI=1S/C18H18ClFN2O/c19-15-5-4-13(16(20)12-15)8-11-23-18-3-1-2-17(22-18)14-6-9-21-10-7-14/h1-6,12,21H,7-11H2. The van der Waals surface area contributed by atoms with Gasteiger partial charge in [-0.25, -0.2) is 9.37 Å². The number of benzene rings is 1. The van der Waals surface area contributed by atoms with Crippen LogP contribution in [0.1, 0.15) is 17.7 Å². The van der Waals surface area contributed by atoms with Crippen molar-refractivity contribution in [2.75, 3.05) is 19.7 Å². The number of nitrogens with one attached hydrogen (secondary N) is 1. The van der Waals surface area contributed by atoms with Gasteiger partial charge in [0, 0.05) is 24.1 Å². The van der Waals surface area contributed by atoms with Crippen LogP contribution in [-0.2, 0) is 6.42 Å². The second-order valence-corrected chi connectivity index (χ2v) is 5.82. The number of aromatic nitrogens is 1. The predicted molar refractivity (Wildman–Crippen MR) is 90.3 cm³/mol. The van der Waals surface area contributed by atoms with Crippen LogP contribution in [0.5, 0.6) is 5.88 Å². The third-order valence-corrected chi connectivity index (χ3v) is 3.99. The smallest absolute Gasteiger partial charge is 0.213 e. The van der Waals surface area contributed by atoms with Gasteiger partial charge in [0.2, 0.25) is 5.88 Å². The van der Waals surface area contributed by atoms with Gasteiger partial charge in [0.05, 0.1) is 12.3 Å². The van der Waals surface area contributed by atoms with E-state index in [1.807, 2.05) is 18.2 Å².